The molecule has 0 radical (unpaired) electrons. The molecule has 0 aliphatic heterocycles. The van der Waals surface area contributed by atoms with Crippen molar-refractivity contribution in [2.24, 2.45) is 0 Å². The Hall–Kier alpha value is -2.80. The quantitative estimate of drug-likeness (QED) is 0.744. The number of aromatic nitrogens is 1. The normalized spacial score (nSPS) is 10.6. The molecule has 1 amide bonds. The minimum absolute atomic E-state index is 0.156. The average Bonchev–Trinajstić information content (AvgIpc) is 3.02. The highest BCUT2D eigenvalue weighted by atomic mass is 32.1. The third-order valence-corrected chi connectivity index (χ3v) is 4.48. The topological polar surface area (TPSA) is 80.7 Å². The number of phenols is 1. The van der Waals surface area contributed by atoms with Gasteiger partial charge in [0.1, 0.15) is 5.75 Å². The minimum Gasteiger partial charge on any atom is -0.508 e. The lowest BCUT2D eigenvalue weighted by molar-refractivity contribution is 0.0950. The van der Waals surface area contributed by atoms with E-state index in [1.807, 2.05) is 12.1 Å². The van der Waals surface area contributed by atoms with Crippen molar-refractivity contribution in [2.45, 2.75) is 6.54 Å². The van der Waals surface area contributed by atoms with Gasteiger partial charge in [0, 0.05) is 6.54 Å². The van der Waals surface area contributed by atoms with Gasteiger partial charge in [-0.25, -0.2) is 4.98 Å². The molecule has 1 aromatic heterocycles. The fraction of sp³-hybridized carbons (Fsp3) is 0.176. The van der Waals surface area contributed by atoms with Crippen LogP contribution in [0.2, 0.25) is 0 Å². The van der Waals surface area contributed by atoms with Gasteiger partial charge in [-0.3, -0.25) is 4.79 Å². The van der Waals surface area contributed by atoms with Gasteiger partial charge in [0.2, 0.25) is 0 Å². The summed E-state index contributed by atoms with van der Waals surface area (Å²) in [6, 6.07) is 10.3. The number of hydrogen-bond donors (Lipinski definition) is 2. The first-order chi connectivity index (χ1) is 11.6. The molecule has 0 aliphatic carbocycles. The molecule has 0 spiro atoms. The van der Waals surface area contributed by atoms with E-state index < -0.39 is 0 Å². The van der Waals surface area contributed by atoms with Crippen LogP contribution in [0.4, 0.5) is 0 Å². The molecule has 6 nitrogen and oxygen atoms in total. The number of thiazole rings is 1. The third-order valence-electron chi connectivity index (χ3n) is 3.47. The second-order valence-corrected chi connectivity index (χ2v) is 6.07. The van der Waals surface area contributed by atoms with E-state index in [-0.39, 0.29) is 11.7 Å². The Morgan fingerprint density at radius 1 is 1.17 bits per heavy atom. The van der Waals surface area contributed by atoms with Crippen LogP contribution in [0.15, 0.2) is 36.4 Å². The van der Waals surface area contributed by atoms with Crippen molar-refractivity contribution >= 4 is 27.5 Å². The fourth-order valence-electron chi connectivity index (χ4n) is 2.26. The van der Waals surface area contributed by atoms with Crippen molar-refractivity contribution in [3.63, 3.8) is 0 Å². The van der Waals surface area contributed by atoms with E-state index in [2.05, 4.69) is 10.3 Å². The molecule has 1 heterocycles. The van der Waals surface area contributed by atoms with Gasteiger partial charge in [0.05, 0.1) is 24.4 Å². The molecule has 0 saturated carbocycles. The predicted molar refractivity (Wildman–Crippen MR) is 92.0 cm³/mol. The predicted octanol–water partition coefficient (Wildman–Crippen LogP) is 2.95. The molecular weight excluding hydrogens is 328 g/mol. The van der Waals surface area contributed by atoms with Gasteiger partial charge in [-0.1, -0.05) is 6.07 Å². The molecule has 0 aliphatic rings. The van der Waals surface area contributed by atoms with E-state index in [1.54, 1.807) is 38.5 Å². The molecule has 0 fully saturated rings. The van der Waals surface area contributed by atoms with E-state index in [1.165, 1.54) is 11.3 Å². The van der Waals surface area contributed by atoms with Gasteiger partial charge in [-0.15, -0.1) is 11.3 Å². The van der Waals surface area contributed by atoms with Crippen LogP contribution in [0.5, 0.6) is 17.2 Å². The number of fused-ring (bicyclic) bond motifs is 1. The lowest BCUT2D eigenvalue weighted by atomic mass is 10.2. The Bertz CT molecular complexity index is 891. The van der Waals surface area contributed by atoms with Gasteiger partial charge >= 0.3 is 0 Å². The molecule has 0 atom stereocenters. The Morgan fingerprint density at radius 2 is 1.96 bits per heavy atom. The second-order valence-electron chi connectivity index (χ2n) is 5.04. The average molecular weight is 344 g/mol. The maximum Gasteiger partial charge on any atom is 0.280 e. The monoisotopic (exact) mass is 344 g/mol. The van der Waals surface area contributed by atoms with E-state index in [9.17, 15) is 9.90 Å². The molecule has 0 unspecified atom stereocenters. The van der Waals surface area contributed by atoms with Gasteiger partial charge in [-0.2, -0.15) is 0 Å². The third kappa shape index (κ3) is 3.26. The number of amides is 1. The molecule has 2 aromatic carbocycles. The summed E-state index contributed by atoms with van der Waals surface area (Å²) in [5.74, 6) is 1.15. The first kappa shape index (κ1) is 16.1. The van der Waals surface area contributed by atoms with E-state index in [0.717, 1.165) is 10.3 Å². The van der Waals surface area contributed by atoms with E-state index >= 15 is 0 Å². The van der Waals surface area contributed by atoms with Gasteiger partial charge < -0.3 is 19.9 Å². The van der Waals surface area contributed by atoms with Gasteiger partial charge in [0.25, 0.3) is 5.91 Å². The number of carbonyl (C=O) groups is 1. The minimum atomic E-state index is -0.259. The lowest BCUT2D eigenvalue weighted by Gasteiger charge is -2.09. The van der Waals surface area contributed by atoms with Crippen molar-refractivity contribution in [3.05, 3.63) is 47.0 Å². The molecule has 7 heteroatoms. The lowest BCUT2D eigenvalue weighted by Crippen LogP contribution is -2.22. The molecule has 124 valence electrons. The number of ether oxygens (including phenoxy) is 2. The molecule has 24 heavy (non-hydrogen) atoms. The Labute approximate surface area is 142 Å². The number of aromatic hydroxyl groups is 1. The van der Waals surface area contributed by atoms with Crippen molar-refractivity contribution in [1.82, 2.24) is 10.3 Å². The summed E-state index contributed by atoms with van der Waals surface area (Å²) in [5, 5.41) is 12.7. The maximum atomic E-state index is 12.3. The van der Waals surface area contributed by atoms with Crippen LogP contribution in [0.25, 0.3) is 10.2 Å². The highest BCUT2D eigenvalue weighted by molar-refractivity contribution is 7.20. The zero-order chi connectivity index (χ0) is 17.1. The number of nitrogens with one attached hydrogen (secondary N) is 1. The molecule has 3 rings (SSSR count). The fourth-order valence-corrected chi connectivity index (χ4v) is 3.17. The smallest absolute Gasteiger partial charge is 0.280 e. The Balaban J connectivity index is 1.72. The molecule has 0 bridgehead atoms. The first-order valence-corrected chi connectivity index (χ1v) is 8.01. The Morgan fingerprint density at radius 3 is 2.71 bits per heavy atom. The number of benzene rings is 2. The summed E-state index contributed by atoms with van der Waals surface area (Å²) < 4.78 is 11.2. The van der Waals surface area contributed by atoms with E-state index in [0.29, 0.717) is 28.6 Å². The summed E-state index contributed by atoms with van der Waals surface area (Å²) in [6.45, 7) is 0.348. The zero-order valence-electron chi connectivity index (χ0n) is 13.2. The van der Waals surface area contributed by atoms with Crippen LogP contribution in [-0.2, 0) is 6.54 Å². The summed E-state index contributed by atoms with van der Waals surface area (Å²) in [7, 11) is 3.14. The number of nitrogens with zero attached hydrogens (tertiary/aromatic N) is 1. The SMILES string of the molecule is COc1ccc(CNC(=O)c2nc3ccc(O)cc3s2)cc1OC. The molecule has 0 saturated heterocycles. The van der Waals surface area contributed by atoms with Crippen LogP contribution in [-0.4, -0.2) is 30.2 Å². The van der Waals surface area contributed by atoms with Gasteiger partial charge in [0.15, 0.2) is 16.5 Å². The zero-order valence-corrected chi connectivity index (χ0v) is 14.0. The van der Waals surface area contributed by atoms with Crippen molar-refractivity contribution < 1.29 is 19.4 Å². The number of phenolic OH excluding ortho intramolecular Hbond substituents is 1. The van der Waals surface area contributed by atoms with Crippen molar-refractivity contribution in [2.75, 3.05) is 14.2 Å². The van der Waals surface area contributed by atoms with Crippen LogP contribution in [0, 0.1) is 0 Å². The van der Waals surface area contributed by atoms with Crippen LogP contribution in [0.3, 0.4) is 0 Å². The highest BCUT2D eigenvalue weighted by Crippen LogP contribution is 2.28. The molecular formula is C17H16N2O4S. The Kier molecular flexibility index (Phi) is 4.52. The number of methoxy groups -OCH3 is 2. The number of hydrogen-bond acceptors (Lipinski definition) is 6. The van der Waals surface area contributed by atoms with Crippen molar-refractivity contribution in [1.29, 1.82) is 0 Å². The summed E-state index contributed by atoms with van der Waals surface area (Å²) in [4.78, 5) is 16.5. The van der Waals surface area contributed by atoms with Gasteiger partial charge in [-0.05, 0) is 35.9 Å². The maximum absolute atomic E-state index is 12.3. The van der Waals surface area contributed by atoms with Crippen LogP contribution in [0.1, 0.15) is 15.4 Å². The largest absolute Gasteiger partial charge is 0.508 e. The van der Waals surface area contributed by atoms with E-state index in [4.69, 9.17) is 9.47 Å². The van der Waals surface area contributed by atoms with Crippen molar-refractivity contribution in [3.8, 4) is 17.2 Å². The summed E-state index contributed by atoms with van der Waals surface area (Å²) in [6.07, 6.45) is 0. The van der Waals surface area contributed by atoms with Crippen LogP contribution < -0.4 is 14.8 Å². The first-order valence-electron chi connectivity index (χ1n) is 7.19. The van der Waals surface area contributed by atoms with Crippen LogP contribution >= 0.6 is 11.3 Å². The molecule has 3 aromatic rings. The molecule has 2 N–H and O–H groups in total. The standard InChI is InChI=1S/C17H16N2O4S/c1-22-13-6-3-10(7-14(13)23-2)9-18-16(21)17-19-12-5-4-11(20)8-15(12)24-17/h3-8,20H,9H2,1-2H3,(H,18,21). The number of rotatable bonds is 5. The number of carbonyl (C=O) groups excluding carboxylic acids is 1. The highest BCUT2D eigenvalue weighted by Gasteiger charge is 2.13. The summed E-state index contributed by atoms with van der Waals surface area (Å²) >= 11 is 1.24. The summed E-state index contributed by atoms with van der Waals surface area (Å²) in [5.41, 5.74) is 1.58. The second kappa shape index (κ2) is 6.76.